The summed E-state index contributed by atoms with van der Waals surface area (Å²) in [5, 5.41) is 10.5. The first-order valence-corrected chi connectivity index (χ1v) is 4.10. The van der Waals surface area contributed by atoms with Gasteiger partial charge in [0.1, 0.15) is 5.75 Å². The Labute approximate surface area is 87.7 Å². The van der Waals surface area contributed by atoms with Crippen molar-refractivity contribution < 1.29 is 27.5 Å². The number of phenols is 1. The number of alkyl halides is 4. The van der Waals surface area contributed by atoms with Gasteiger partial charge in [-0.25, -0.2) is 8.78 Å². The average Bonchev–Trinajstić information content (AvgIpc) is 2.21. The maximum Gasteiger partial charge on any atom is 0.383 e. The topological polar surface area (TPSA) is 49.3 Å². The molecule has 2 N–H and O–H groups in total. The Morgan fingerprint density at radius 1 is 1.25 bits per heavy atom. The van der Waals surface area contributed by atoms with E-state index in [0.29, 0.717) is 0 Å². The summed E-state index contributed by atoms with van der Waals surface area (Å²) in [6, 6.07) is 4.45. The molecule has 0 heterocycles. The molecule has 0 radical (unpaired) electrons. The van der Waals surface area contributed by atoms with Crippen LogP contribution in [0.25, 0.3) is 0 Å². The third kappa shape index (κ3) is 2.62. The zero-order chi connectivity index (χ0) is 12.3. The van der Waals surface area contributed by atoms with Crippen LogP contribution in [-0.2, 0) is 4.79 Å². The SMILES string of the molecule is O=C(Nc1ccc(O)cc1)C(F)(F)C(F)F. The number of aromatic hydroxyl groups is 1. The molecule has 1 aromatic carbocycles. The summed E-state index contributed by atoms with van der Waals surface area (Å²) < 4.78 is 48.5. The zero-order valence-electron chi connectivity index (χ0n) is 7.75. The minimum atomic E-state index is -4.74. The summed E-state index contributed by atoms with van der Waals surface area (Å²) in [5.41, 5.74) is -0.108. The molecule has 0 bridgehead atoms. The van der Waals surface area contributed by atoms with E-state index in [0.717, 1.165) is 24.3 Å². The lowest BCUT2D eigenvalue weighted by Crippen LogP contribution is -2.40. The van der Waals surface area contributed by atoms with Crippen molar-refractivity contribution in [3.63, 3.8) is 0 Å². The van der Waals surface area contributed by atoms with Crippen molar-refractivity contribution in [2.75, 3.05) is 5.32 Å². The number of hydrogen-bond acceptors (Lipinski definition) is 2. The number of amides is 1. The molecular formula is C9H7F4NO2. The standard InChI is InChI=1S/C9H7F4NO2/c10-7(11)9(12,13)8(16)14-5-1-3-6(15)4-2-5/h1-4,7,15H,(H,14,16). The van der Waals surface area contributed by atoms with Gasteiger partial charge < -0.3 is 10.4 Å². The van der Waals surface area contributed by atoms with E-state index >= 15 is 0 Å². The maximum absolute atomic E-state index is 12.5. The van der Waals surface area contributed by atoms with Crippen LogP contribution in [0.15, 0.2) is 24.3 Å². The first-order chi connectivity index (χ1) is 7.34. The highest BCUT2D eigenvalue weighted by molar-refractivity contribution is 5.96. The molecule has 7 heteroatoms. The third-order valence-corrected chi connectivity index (χ3v) is 1.70. The molecule has 0 fully saturated rings. The van der Waals surface area contributed by atoms with Crippen molar-refractivity contribution in [2.24, 2.45) is 0 Å². The monoisotopic (exact) mass is 237 g/mol. The Kier molecular flexibility index (Phi) is 3.36. The van der Waals surface area contributed by atoms with Crippen LogP contribution in [0.3, 0.4) is 0 Å². The second kappa shape index (κ2) is 4.38. The van der Waals surface area contributed by atoms with Gasteiger partial charge >= 0.3 is 18.3 Å². The molecule has 0 saturated heterocycles. The minimum absolute atomic E-state index is 0.108. The smallest absolute Gasteiger partial charge is 0.383 e. The molecule has 3 nitrogen and oxygen atoms in total. The Balaban J connectivity index is 2.75. The summed E-state index contributed by atoms with van der Waals surface area (Å²) in [5.74, 6) is -6.97. The molecular weight excluding hydrogens is 230 g/mol. The van der Waals surface area contributed by atoms with E-state index < -0.39 is 18.3 Å². The second-order valence-electron chi connectivity index (χ2n) is 2.92. The third-order valence-electron chi connectivity index (χ3n) is 1.70. The predicted octanol–water partition coefficient (Wildman–Crippen LogP) is 2.23. The van der Waals surface area contributed by atoms with Crippen molar-refractivity contribution in [1.29, 1.82) is 0 Å². The molecule has 0 atom stereocenters. The first kappa shape index (κ1) is 12.3. The quantitative estimate of drug-likeness (QED) is 0.625. The lowest BCUT2D eigenvalue weighted by atomic mass is 10.2. The summed E-state index contributed by atoms with van der Waals surface area (Å²) >= 11 is 0. The summed E-state index contributed by atoms with van der Waals surface area (Å²) in [6.07, 6.45) is -4.07. The van der Waals surface area contributed by atoms with Crippen LogP contribution in [0.1, 0.15) is 0 Å². The molecule has 0 aromatic heterocycles. The van der Waals surface area contributed by atoms with E-state index in [2.05, 4.69) is 0 Å². The molecule has 0 spiro atoms. The van der Waals surface area contributed by atoms with E-state index in [-0.39, 0.29) is 11.4 Å². The summed E-state index contributed by atoms with van der Waals surface area (Å²) in [6.45, 7) is 0. The van der Waals surface area contributed by atoms with Crippen LogP contribution in [-0.4, -0.2) is 23.4 Å². The van der Waals surface area contributed by atoms with Crippen molar-refractivity contribution in [3.05, 3.63) is 24.3 Å². The van der Waals surface area contributed by atoms with Crippen LogP contribution in [0, 0.1) is 0 Å². The largest absolute Gasteiger partial charge is 0.508 e. The van der Waals surface area contributed by atoms with Gasteiger partial charge in [0, 0.05) is 5.69 Å². The molecule has 16 heavy (non-hydrogen) atoms. The highest BCUT2D eigenvalue weighted by Gasteiger charge is 2.48. The van der Waals surface area contributed by atoms with E-state index in [9.17, 15) is 22.4 Å². The highest BCUT2D eigenvalue weighted by Crippen LogP contribution is 2.25. The molecule has 1 rings (SSSR count). The van der Waals surface area contributed by atoms with Crippen LogP contribution < -0.4 is 5.32 Å². The number of carbonyl (C=O) groups excluding carboxylic acids is 1. The van der Waals surface area contributed by atoms with Gasteiger partial charge in [-0.05, 0) is 24.3 Å². The Hall–Kier alpha value is -1.79. The second-order valence-corrected chi connectivity index (χ2v) is 2.92. The maximum atomic E-state index is 12.5. The van der Waals surface area contributed by atoms with Crippen LogP contribution in [0.4, 0.5) is 23.2 Å². The van der Waals surface area contributed by atoms with Gasteiger partial charge in [0.05, 0.1) is 0 Å². The lowest BCUT2D eigenvalue weighted by molar-refractivity contribution is -0.163. The fraction of sp³-hybridized carbons (Fsp3) is 0.222. The summed E-state index contributed by atoms with van der Waals surface area (Å²) in [7, 11) is 0. The lowest BCUT2D eigenvalue weighted by Gasteiger charge is -2.14. The minimum Gasteiger partial charge on any atom is -0.508 e. The number of carbonyl (C=O) groups is 1. The molecule has 0 aliphatic heterocycles. The Morgan fingerprint density at radius 2 is 1.75 bits per heavy atom. The fourth-order valence-electron chi connectivity index (χ4n) is 0.858. The van der Waals surface area contributed by atoms with Gasteiger partial charge in [-0.15, -0.1) is 0 Å². The average molecular weight is 237 g/mol. The molecule has 0 saturated carbocycles. The van der Waals surface area contributed by atoms with Crippen molar-refractivity contribution >= 4 is 11.6 Å². The van der Waals surface area contributed by atoms with Crippen molar-refractivity contribution in [2.45, 2.75) is 12.3 Å². The fourth-order valence-corrected chi connectivity index (χ4v) is 0.858. The van der Waals surface area contributed by atoms with Gasteiger partial charge in [-0.3, -0.25) is 4.79 Å². The van der Waals surface area contributed by atoms with Crippen LogP contribution >= 0.6 is 0 Å². The number of hydrogen-bond donors (Lipinski definition) is 2. The van der Waals surface area contributed by atoms with E-state index in [1.807, 2.05) is 0 Å². The predicted molar refractivity (Wildman–Crippen MR) is 47.7 cm³/mol. The van der Waals surface area contributed by atoms with Gasteiger partial charge in [0.15, 0.2) is 0 Å². The normalized spacial score (nSPS) is 11.6. The number of benzene rings is 1. The Bertz CT molecular complexity index is 378. The van der Waals surface area contributed by atoms with Crippen molar-refractivity contribution in [1.82, 2.24) is 0 Å². The molecule has 0 aliphatic carbocycles. The number of anilines is 1. The van der Waals surface area contributed by atoms with Gasteiger partial charge in [0.25, 0.3) is 0 Å². The summed E-state index contributed by atoms with van der Waals surface area (Å²) in [4.78, 5) is 10.8. The van der Waals surface area contributed by atoms with Gasteiger partial charge in [-0.1, -0.05) is 0 Å². The zero-order valence-corrected chi connectivity index (χ0v) is 7.75. The van der Waals surface area contributed by atoms with Crippen LogP contribution in [0.5, 0.6) is 5.75 Å². The van der Waals surface area contributed by atoms with Crippen molar-refractivity contribution in [3.8, 4) is 5.75 Å². The first-order valence-electron chi connectivity index (χ1n) is 4.10. The van der Waals surface area contributed by atoms with E-state index in [4.69, 9.17) is 5.11 Å². The van der Waals surface area contributed by atoms with E-state index in [1.165, 1.54) is 0 Å². The number of nitrogens with one attached hydrogen (secondary N) is 1. The van der Waals surface area contributed by atoms with E-state index in [1.54, 1.807) is 5.32 Å². The van der Waals surface area contributed by atoms with Gasteiger partial charge in [-0.2, -0.15) is 8.78 Å². The molecule has 0 aliphatic rings. The molecule has 1 aromatic rings. The van der Waals surface area contributed by atoms with Crippen LogP contribution in [0.2, 0.25) is 0 Å². The Morgan fingerprint density at radius 3 is 2.19 bits per heavy atom. The molecule has 0 unspecified atom stereocenters. The number of rotatable bonds is 3. The highest BCUT2D eigenvalue weighted by atomic mass is 19.3. The molecule has 1 amide bonds. The number of halogens is 4. The van der Waals surface area contributed by atoms with Gasteiger partial charge in [0.2, 0.25) is 0 Å². The number of phenolic OH excluding ortho intramolecular Hbond substituents is 1. The molecule has 88 valence electrons.